The Bertz CT molecular complexity index is 642. The monoisotopic (exact) mass is 365 g/mol. The fraction of sp³-hybridized carbons (Fsp3) is 0.619. The van der Waals surface area contributed by atoms with Crippen LogP contribution in [0.2, 0.25) is 0 Å². The fourth-order valence-corrected chi connectivity index (χ4v) is 3.72. The summed E-state index contributed by atoms with van der Waals surface area (Å²) in [5.41, 5.74) is 5.55. The third-order valence-corrected chi connectivity index (χ3v) is 5.41. The van der Waals surface area contributed by atoms with Gasteiger partial charge in [-0.25, -0.2) is 8.78 Å². The number of primary amides is 1. The number of halogens is 2. The van der Waals surface area contributed by atoms with E-state index in [2.05, 4.69) is 0 Å². The number of nitrogens with two attached hydrogens (primary N) is 1. The summed E-state index contributed by atoms with van der Waals surface area (Å²) in [7, 11) is 0. The Morgan fingerprint density at radius 2 is 1.69 bits per heavy atom. The fourth-order valence-electron chi connectivity index (χ4n) is 3.72. The average molecular weight is 365 g/mol. The first-order chi connectivity index (χ1) is 12.1. The Morgan fingerprint density at radius 3 is 2.12 bits per heavy atom. The van der Waals surface area contributed by atoms with Gasteiger partial charge in [-0.15, -0.1) is 0 Å². The van der Waals surface area contributed by atoms with Gasteiger partial charge in [0.2, 0.25) is 5.91 Å². The van der Waals surface area contributed by atoms with Crippen molar-refractivity contribution in [3.63, 3.8) is 0 Å². The molecule has 0 aliphatic heterocycles. The van der Waals surface area contributed by atoms with E-state index in [4.69, 9.17) is 5.73 Å². The molecule has 5 heteroatoms. The second-order valence-corrected chi connectivity index (χ2v) is 8.58. The van der Waals surface area contributed by atoms with Gasteiger partial charge in [0.25, 0.3) is 0 Å². The zero-order valence-corrected chi connectivity index (χ0v) is 15.9. The number of carbonyl (C=O) groups excluding carboxylic acids is 2. The minimum Gasteiger partial charge on any atom is -0.369 e. The molecule has 0 aromatic heterocycles. The van der Waals surface area contributed by atoms with Crippen LogP contribution in [-0.2, 0) is 16.0 Å². The summed E-state index contributed by atoms with van der Waals surface area (Å²) in [5.74, 6) is -2.35. The van der Waals surface area contributed by atoms with Gasteiger partial charge in [-0.2, -0.15) is 0 Å². The topological polar surface area (TPSA) is 60.2 Å². The lowest BCUT2D eigenvalue weighted by molar-refractivity contribution is -0.138. The molecule has 3 nitrogen and oxygen atoms in total. The molecule has 0 radical (unpaired) electrons. The number of hydrogen-bond acceptors (Lipinski definition) is 2. The van der Waals surface area contributed by atoms with Crippen LogP contribution in [0.25, 0.3) is 0 Å². The predicted molar refractivity (Wildman–Crippen MR) is 97.3 cm³/mol. The minimum atomic E-state index is -0.646. The number of benzene rings is 1. The maximum absolute atomic E-state index is 13.4. The largest absolute Gasteiger partial charge is 0.369 e. The number of Topliss-reactive ketones (excluding diaryl/α,β-unsaturated/α-hetero) is 1. The number of ketones is 1. The zero-order chi connectivity index (χ0) is 19.5. The Hall–Kier alpha value is -1.78. The van der Waals surface area contributed by atoms with Crippen LogP contribution in [0.15, 0.2) is 18.2 Å². The Morgan fingerprint density at radius 1 is 1.12 bits per heavy atom. The summed E-state index contributed by atoms with van der Waals surface area (Å²) >= 11 is 0. The molecular formula is C21H29F2NO2. The Kier molecular flexibility index (Phi) is 6.53. The van der Waals surface area contributed by atoms with Crippen molar-refractivity contribution < 1.29 is 18.4 Å². The van der Waals surface area contributed by atoms with Gasteiger partial charge in [0.1, 0.15) is 17.4 Å². The molecule has 1 aromatic rings. The molecule has 144 valence electrons. The molecule has 0 spiro atoms. The summed E-state index contributed by atoms with van der Waals surface area (Å²) in [4.78, 5) is 25.1. The molecule has 2 atom stereocenters. The molecule has 2 unspecified atom stereocenters. The van der Waals surface area contributed by atoms with Crippen LogP contribution in [-0.4, -0.2) is 11.7 Å². The highest BCUT2D eigenvalue weighted by molar-refractivity contribution is 5.91. The Labute approximate surface area is 154 Å². The number of carbonyl (C=O) groups is 2. The lowest BCUT2D eigenvalue weighted by Crippen LogP contribution is -2.41. The molecule has 2 N–H and O–H groups in total. The van der Waals surface area contributed by atoms with Crippen LogP contribution in [0.5, 0.6) is 0 Å². The van der Waals surface area contributed by atoms with Gasteiger partial charge in [-0.1, -0.05) is 40.0 Å². The van der Waals surface area contributed by atoms with E-state index in [1.54, 1.807) is 0 Å². The highest BCUT2D eigenvalue weighted by Gasteiger charge is 2.39. The van der Waals surface area contributed by atoms with Gasteiger partial charge in [0.15, 0.2) is 0 Å². The summed E-state index contributed by atoms with van der Waals surface area (Å²) < 4.78 is 26.8. The van der Waals surface area contributed by atoms with Gasteiger partial charge in [-0.05, 0) is 42.9 Å². The highest BCUT2D eigenvalue weighted by atomic mass is 19.1. The van der Waals surface area contributed by atoms with Gasteiger partial charge >= 0.3 is 0 Å². The molecule has 0 heterocycles. The summed E-state index contributed by atoms with van der Waals surface area (Å²) in [6, 6.07) is 3.33. The SMILES string of the molecule is CC(C)(C)C(=O)C(CC1CCC1)C(CCc1cc(F)cc(F)c1)C(N)=O. The van der Waals surface area contributed by atoms with Crippen LogP contribution in [0.4, 0.5) is 8.78 Å². The maximum atomic E-state index is 13.4. The number of rotatable bonds is 8. The number of aryl methyl sites for hydroxylation is 1. The van der Waals surface area contributed by atoms with E-state index >= 15 is 0 Å². The third-order valence-electron chi connectivity index (χ3n) is 5.41. The van der Waals surface area contributed by atoms with E-state index in [0.717, 1.165) is 25.3 Å². The summed E-state index contributed by atoms with van der Waals surface area (Å²) in [6.07, 6.45) is 4.60. The first-order valence-corrected chi connectivity index (χ1v) is 9.36. The van der Waals surface area contributed by atoms with E-state index < -0.39 is 34.8 Å². The molecule has 0 saturated heterocycles. The van der Waals surface area contributed by atoms with Crippen molar-refractivity contribution in [2.24, 2.45) is 28.9 Å². The van der Waals surface area contributed by atoms with E-state index in [-0.39, 0.29) is 5.78 Å². The molecule has 1 aromatic carbocycles. The molecule has 2 rings (SSSR count). The third kappa shape index (κ3) is 5.36. The average Bonchev–Trinajstić information content (AvgIpc) is 2.45. The first kappa shape index (κ1) is 20.5. The van der Waals surface area contributed by atoms with Crippen molar-refractivity contribution in [1.29, 1.82) is 0 Å². The van der Waals surface area contributed by atoms with E-state index in [9.17, 15) is 18.4 Å². The predicted octanol–water partition coefficient (Wildman–Crippen LogP) is 4.42. The van der Waals surface area contributed by atoms with Crippen molar-refractivity contribution in [3.05, 3.63) is 35.4 Å². The molecule has 1 aliphatic carbocycles. The molecule has 1 fully saturated rings. The van der Waals surface area contributed by atoms with E-state index in [0.29, 0.717) is 30.7 Å². The van der Waals surface area contributed by atoms with Crippen LogP contribution in [0.3, 0.4) is 0 Å². The van der Waals surface area contributed by atoms with Crippen molar-refractivity contribution in [1.82, 2.24) is 0 Å². The van der Waals surface area contributed by atoms with Crippen LogP contribution >= 0.6 is 0 Å². The van der Waals surface area contributed by atoms with Gasteiger partial charge in [0.05, 0.1) is 0 Å². The van der Waals surface area contributed by atoms with E-state index in [1.165, 1.54) is 12.1 Å². The van der Waals surface area contributed by atoms with Crippen molar-refractivity contribution >= 4 is 11.7 Å². The molecular weight excluding hydrogens is 336 g/mol. The lowest BCUT2D eigenvalue weighted by atomic mass is 9.68. The molecule has 1 aliphatic rings. The second kappa shape index (κ2) is 8.28. The smallest absolute Gasteiger partial charge is 0.221 e. The van der Waals surface area contributed by atoms with Crippen molar-refractivity contribution in [2.45, 2.75) is 59.3 Å². The summed E-state index contributed by atoms with van der Waals surface area (Å²) in [6.45, 7) is 5.55. The van der Waals surface area contributed by atoms with Crippen LogP contribution in [0, 0.1) is 34.8 Å². The quantitative estimate of drug-likeness (QED) is 0.741. The standard InChI is InChI=1S/C21H29F2NO2/c1-21(2,3)19(25)18(11-13-5-4-6-13)17(20(24)26)8-7-14-9-15(22)12-16(23)10-14/h9-10,12-13,17-18H,4-8,11H2,1-3H3,(H2,24,26). The number of amides is 1. The van der Waals surface area contributed by atoms with Crippen LogP contribution < -0.4 is 5.73 Å². The lowest BCUT2D eigenvalue weighted by Gasteiger charge is -2.35. The highest BCUT2D eigenvalue weighted by Crippen LogP contribution is 2.38. The van der Waals surface area contributed by atoms with Crippen molar-refractivity contribution in [3.8, 4) is 0 Å². The van der Waals surface area contributed by atoms with Crippen LogP contribution in [0.1, 0.15) is 58.4 Å². The minimum absolute atomic E-state index is 0.0404. The van der Waals surface area contributed by atoms with E-state index in [1.807, 2.05) is 20.8 Å². The molecule has 26 heavy (non-hydrogen) atoms. The summed E-state index contributed by atoms with van der Waals surface area (Å²) in [5, 5.41) is 0. The van der Waals surface area contributed by atoms with Gasteiger partial charge in [0, 0.05) is 23.3 Å². The van der Waals surface area contributed by atoms with Crippen molar-refractivity contribution in [2.75, 3.05) is 0 Å². The normalized spacial score (nSPS) is 17.4. The molecule has 1 saturated carbocycles. The Balaban J connectivity index is 2.18. The second-order valence-electron chi connectivity index (χ2n) is 8.58. The first-order valence-electron chi connectivity index (χ1n) is 9.36. The maximum Gasteiger partial charge on any atom is 0.221 e. The van der Waals surface area contributed by atoms with Gasteiger partial charge in [-0.3, -0.25) is 9.59 Å². The number of hydrogen-bond donors (Lipinski definition) is 1. The molecule has 0 bridgehead atoms. The molecule has 1 amide bonds. The zero-order valence-electron chi connectivity index (χ0n) is 15.9. The van der Waals surface area contributed by atoms with Gasteiger partial charge < -0.3 is 5.73 Å².